The Kier molecular flexibility index (Phi) is 5.31. The lowest BCUT2D eigenvalue weighted by Crippen LogP contribution is -2.13. The largest absolute Gasteiger partial charge is 0.415 e. The Morgan fingerprint density at radius 3 is 2.33 bits per heavy atom. The molecule has 1 rings (SSSR count). The smallest absolute Gasteiger partial charge is 0.345 e. The van der Waals surface area contributed by atoms with E-state index < -0.39 is 0 Å². The third-order valence-electron chi connectivity index (χ3n) is 3.20. The number of hydrogen-bond donors (Lipinski definition) is 1. The van der Waals surface area contributed by atoms with E-state index in [2.05, 4.69) is 6.92 Å². The second-order valence-corrected chi connectivity index (χ2v) is 6.05. The van der Waals surface area contributed by atoms with Gasteiger partial charge in [0.25, 0.3) is 0 Å². The Morgan fingerprint density at radius 2 is 1.58 bits per heavy atom. The van der Waals surface area contributed by atoms with Crippen molar-refractivity contribution < 1.29 is 0 Å². The van der Waals surface area contributed by atoms with Crippen LogP contribution in [0.1, 0.15) is 51.9 Å². The van der Waals surface area contributed by atoms with E-state index >= 15 is 0 Å². The molecule has 2 unspecified atom stereocenters. The summed E-state index contributed by atoms with van der Waals surface area (Å²) < 4.78 is 6.82. The van der Waals surface area contributed by atoms with Gasteiger partial charge in [0.2, 0.25) is 0 Å². The molecule has 2 heteroatoms. The van der Waals surface area contributed by atoms with Crippen molar-refractivity contribution in [1.29, 1.82) is 0 Å². The summed E-state index contributed by atoms with van der Waals surface area (Å²) in [5.74, 6) is 0.975. The monoisotopic (exact) mass is 183 g/mol. The SMILES string of the molecule is CC1CCCC[CH]([AlH][NH2])CCC1. The second kappa shape index (κ2) is 6.02. The molecule has 2 atom stereocenters. The molecule has 2 N–H and O–H groups in total. The van der Waals surface area contributed by atoms with Crippen molar-refractivity contribution in [3.8, 4) is 0 Å². The minimum absolute atomic E-state index is 0.202. The van der Waals surface area contributed by atoms with Crippen molar-refractivity contribution in [1.82, 2.24) is 0 Å². The molecule has 0 heterocycles. The Balaban J connectivity index is 2.26. The van der Waals surface area contributed by atoms with Crippen LogP contribution >= 0.6 is 0 Å². The first kappa shape index (κ1) is 10.6. The first-order valence-corrected chi connectivity index (χ1v) is 7.16. The Hall–Kier alpha value is 0.492. The maximum Gasteiger partial charge on any atom is 0.345 e. The van der Waals surface area contributed by atoms with Gasteiger partial charge in [-0.3, -0.25) is 0 Å². The minimum Gasteiger partial charge on any atom is -0.415 e. The van der Waals surface area contributed by atoms with Crippen LogP contribution in [0, 0.1) is 5.92 Å². The molecule has 0 amide bonds. The molecule has 0 aliphatic heterocycles. The number of hydrogen-bond acceptors (Lipinski definition) is 1. The van der Waals surface area contributed by atoms with Crippen LogP contribution in [0.3, 0.4) is 0 Å². The van der Waals surface area contributed by atoms with Crippen molar-refractivity contribution in [2.24, 2.45) is 10.6 Å². The molecule has 12 heavy (non-hydrogen) atoms. The van der Waals surface area contributed by atoms with Crippen molar-refractivity contribution in [2.75, 3.05) is 0 Å². The second-order valence-electron chi connectivity index (χ2n) is 4.42. The van der Waals surface area contributed by atoms with E-state index in [-0.39, 0.29) is 15.4 Å². The van der Waals surface area contributed by atoms with E-state index in [1.165, 1.54) is 44.9 Å². The standard InChI is InChI=1S/C10H19.Al.H2N.H/c1-10-8-6-4-2-3-5-7-9-10;;;/h2,10H,3-9H2,1H3;;1H2;/q;+1;-1;. The molecule has 0 spiro atoms. The number of rotatable bonds is 1. The Bertz CT molecular complexity index is 116. The molecule has 1 aliphatic rings. The average Bonchev–Trinajstić information content (AvgIpc) is 2.17. The van der Waals surface area contributed by atoms with E-state index in [0.717, 1.165) is 10.7 Å². The normalized spacial score (nSPS) is 33.2. The van der Waals surface area contributed by atoms with E-state index in [1.54, 1.807) is 0 Å². The van der Waals surface area contributed by atoms with Gasteiger partial charge in [-0.05, 0) is 5.92 Å². The van der Waals surface area contributed by atoms with Crippen LogP contribution in [0.2, 0.25) is 4.78 Å². The summed E-state index contributed by atoms with van der Waals surface area (Å²) in [5.41, 5.74) is 0. The molecule has 1 fully saturated rings. The van der Waals surface area contributed by atoms with Gasteiger partial charge in [-0.2, -0.15) is 0 Å². The quantitative estimate of drug-likeness (QED) is 0.621. The fourth-order valence-corrected chi connectivity index (χ4v) is 3.25. The van der Waals surface area contributed by atoms with Gasteiger partial charge in [0, 0.05) is 0 Å². The highest BCUT2D eigenvalue weighted by atomic mass is 27.1. The third kappa shape index (κ3) is 3.94. The molecule has 0 aromatic rings. The summed E-state index contributed by atoms with van der Waals surface area (Å²) in [6, 6.07) is 0. The summed E-state index contributed by atoms with van der Waals surface area (Å²) in [4.78, 5) is 0. The summed E-state index contributed by atoms with van der Waals surface area (Å²) in [5, 5.41) is 0. The van der Waals surface area contributed by atoms with Gasteiger partial charge in [-0.15, -0.1) is 0 Å². The molecule has 0 bridgehead atoms. The Morgan fingerprint density at radius 1 is 1.00 bits per heavy atom. The van der Waals surface area contributed by atoms with Crippen molar-refractivity contribution in [3.63, 3.8) is 0 Å². The van der Waals surface area contributed by atoms with Crippen LogP contribution in [-0.4, -0.2) is 15.4 Å². The highest BCUT2D eigenvalue weighted by Gasteiger charge is 2.12. The van der Waals surface area contributed by atoms with Crippen molar-refractivity contribution in [3.05, 3.63) is 0 Å². The summed E-state index contributed by atoms with van der Waals surface area (Å²) in [7, 11) is 0. The van der Waals surface area contributed by atoms with E-state index in [4.69, 9.17) is 4.72 Å². The summed E-state index contributed by atoms with van der Waals surface area (Å²) in [6.07, 6.45) is 10.1. The maximum atomic E-state index is 5.85. The fourth-order valence-electron chi connectivity index (χ4n) is 2.21. The predicted molar refractivity (Wildman–Crippen MR) is 56.6 cm³/mol. The molecular formula is C10H22AlN. The molecule has 1 nitrogen and oxygen atoms in total. The van der Waals surface area contributed by atoms with E-state index in [0.29, 0.717) is 0 Å². The molecule has 0 saturated heterocycles. The zero-order valence-corrected chi connectivity index (χ0v) is 9.80. The van der Waals surface area contributed by atoms with Crippen LogP contribution in [0.25, 0.3) is 0 Å². The van der Waals surface area contributed by atoms with Gasteiger partial charge in [0.05, 0.1) is 0 Å². The molecule has 70 valence electrons. The van der Waals surface area contributed by atoms with Gasteiger partial charge in [0.15, 0.2) is 0 Å². The highest BCUT2D eigenvalue weighted by molar-refractivity contribution is 6.33. The van der Waals surface area contributed by atoms with Gasteiger partial charge in [0.1, 0.15) is 0 Å². The van der Waals surface area contributed by atoms with Gasteiger partial charge >= 0.3 is 15.4 Å². The number of nitrogens with two attached hydrogens (primary N) is 1. The topological polar surface area (TPSA) is 26.0 Å². The van der Waals surface area contributed by atoms with Gasteiger partial charge < -0.3 is 4.72 Å². The molecular weight excluding hydrogens is 161 g/mol. The maximum absolute atomic E-state index is 5.85. The van der Waals surface area contributed by atoms with Gasteiger partial charge in [-0.1, -0.05) is 56.6 Å². The van der Waals surface area contributed by atoms with Crippen LogP contribution in [0.15, 0.2) is 0 Å². The molecule has 1 aliphatic carbocycles. The van der Waals surface area contributed by atoms with Crippen molar-refractivity contribution >= 4 is 15.4 Å². The lowest BCUT2D eigenvalue weighted by Gasteiger charge is -2.10. The summed E-state index contributed by atoms with van der Waals surface area (Å²) in [6.45, 7) is 2.40. The predicted octanol–water partition coefficient (Wildman–Crippen LogP) is 2.47. The average molecular weight is 183 g/mol. The van der Waals surface area contributed by atoms with E-state index in [1.807, 2.05) is 0 Å². The molecule has 0 radical (unpaired) electrons. The summed E-state index contributed by atoms with van der Waals surface area (Å²) >= 11 is -0.202. The lowest BCUT2D eigenvalue weighted by molar-refractivity contribution is 0.465. The zero-order chi connectivity index (χ0) is 8.81. The Labute approximate surface area is 83.0 Å². The van der Waals surface area contributed by atoms with E-state index in [9.17, 15) is 0 Å². The van der Waals surface area contributed by atoms with Crippen molar-refractivity contribution in [2.45, 2.75) is 56.6 Å². The molecule has 1 saturated carbocycles. The van der Waals surface area contributed by atoms with Crippen LogP contribution in [0.5, 0.6) is 0 Å². The molecule has 0 aromatic heterocycles. The lowest BCUT2D eigenvalue weighted by atomic mass is 9.99. The first-order valence-electron chi connectivity index (χ1n) is 5.53. The van der Waals surface area contributed by atoms with Crippen LogP contribution < -0.4 is 4.72 Å². The zero-order valence-electron chi connectivity index (χ0n) is 8.39. The van der Waals surface area contributed by atoms with Crippen LogP contribution in [0.4, 0.5) is 0 Å². The molecule has 0 aromatic carbocycles. The third-order valence-corrected chi connectivity index (χ3v) is 4.69. The fraction of sp³-hybridized carbons (Fsp3) is 1.00. The minimum atomic E-state index is -0.202. The van der Waals surface area contributed by atoms with Gasteiger partial charge in [-0.25, -0.2) is 0 Å². The van der Waals surface area contributed by atoms with Crippen LogP contribution in [-0.2, 0) is 0 Å². The highest BCUT2D eigenvalue weighted by Crippen LogP contribution is 2.26. The first-order chi connectivity index (χ1) is 5.83.